The monoisotopic (exact) mass is 388 g/mol. The van der Waals surface area contributed by atoms with Gasteiger partial charge in [0.05, 0.1) is 11.5 Å². The Bertz CT molecular complexity index is 944. The molecule has 0 fully saturated rings. The molecular formula is C16H13ClN6O2S. The largest absolute Gasteiger partial charge is 0.332 e. The Balaban J connectivity index is 1.58. The van der Waals surface area contributed by atoms with Crippen molar-refractivity contribution in [3.05, 3.63) is 75.6 Å². The zero-order valence-corrected chi connectivity index (χ0v) is 14.9. The van der Waals surface area contributed by atoms with Gasteiger partial charge in [0.2, 0.25) is 5.95 Å². The number of hydrogen-bond donors (Lipinski definition) is 2. The number of nitrogens with one attached hydrogen (secondary N) is 2. The van der Waals surface area contributed by atoms with Crippen molar-refractivity contribution in [1.29, 1.82) is 0 Å². The van der Waals surface area contributed by atoms with E-state index in [0.717, 1.165) is 5.56 Å². The fourth-order valence-corrected chi connectivity index (χ4v) is 2.60. The van der Waals surface area contributed by atoms with Crippen LogP contribution in [-0.4, -0.2) is 24.8 Å². The summed E-state index contributed by atoms with van der Waals surface area (Å²) in [4.78, 5) is 14.3. The summed E-state index contributed by atoms with van der Waals surface area (Å²) in [6, 6.07) is 13.4. The molecule has 3 rings (SSSR count). The van der Waals surface area contributed by atoms with Crippen molar-refractivity contribution in [1.82, 2.24) is 14.8 Å². The van der Waals surface area contributed by atoms with Crippen LogP contribution in [-0.2, 0) is 6.54 Å². The molecule has 3 aromatic rings. The molecule has 0 spiro atoms. The van der Waals surface area contributed by atoms with Gasteiger partial charge >= 0.3 is 0 Å². The van der Waals surface area contributed by atoms with Crippen LogP contribution in [0.1, 0.15) is 5.56 Å². The summed E-state index contributed by atoms with van der Waals surface area (Å²) in [5.41, 5.74) is 1.63. The standard InChI is InChI=1S/C16H13ClN6O2S/c17-12-3-1-2-11(8-12)9-22-10-18-15(21-22)20-16(26)19-13-4-6-14(7-5-13)23(24)25/h1-8,10H,9H2,(H2,19,20,21,26). The van der Waals surface area contributed by atoms with Gasteiger partial charge in [0.25, 0.3) is 5.69 Å². The van der Waals surface area contributed by atoms with Crippen LogP contribution in [0.4, 0.5) is 17.3 Å². The number of nitro benzene ring substituents is 1. The highest BCUT2D eigenvalue weighted by Gasteiger charge is 2.07. The molecule has 0 saturated carbocycles. The van der Waals surface area contributed by atoms with Crippen LogP contribution in [0.25, 0.3) is 0 Å². The van der Waals surface area contributed by atoms with Crippen molar-refractivity contribution >= 4 is 46.3 Å². The van der Waals surface area contributed by atoms with Crippen LogP contribution in [0.15, 0.2) is 54.9 Å². The summed E-state index contributed by atoms with van der Waals surface area (Å²) in [6.45, 7) is 0.526. The van der Waals surface area contributed by atoms with Gasteiger partial charge in [0, 0.05) is 22.8 Å². The van der Waals surface area contributed by atoms with Crippen LogP contribution < -0.4 is 10.6 Å². The van der Waals surface area contributed by atoms with E-state index in [1.54, 1.807) is 23.1 Å². The molecule has 0 aliphatic rings. The van der Waals surface area contributed by atoms with Gasteiger partial charge in [0.15, 0.2) is 5.11 Å². The predicted molar refractivity (Wildman–Crippen MR) is 104 cm³/mol. The molecule has 0 unspecified atom stereocenters. The van der Waals surface area contributed by atoms with Crippen LogP contribution in [0.2, 0.25) is 5.02 Å². The minimum Gasteiger partial charge on any atom is -0.332 e. The minimum absolute atomic E-state index is 0.0100. The normalized spacial score (nSPS) is 10.3. The van der Waals surface area contributed by atoms with E-state index in [0.29, 0.717) is 23.2 Å². The summed E-state index contributed by atoms with van der Waals surface area (Å²) in [7, 11) is 0. The van der Waals surface area contributed by atoms with Crippen molar-refractivity contribution < 1.29 is 4.92 Å². The molecule has 0 bridgehead atoms. The van der Waals surface area contributed by atoms with Crippen molar-refractivity contribution in [3.8, 4) is 0 Å². The molecule has 132 valence electrons. The van der Waals surface area contributed by atoms with Crippen molar-refractivity contribution in [2.24, 2.45) is 0 Å². The van der Waals surface area contributed by atoms with E-state index in [4.69, 9.17) is 23.8 Å². The number of aromatic nitrogens is 3. The van der Waals surface area contributed by atoms with Crippen molar-refractivity contribution in [2.75, 3.05) is 10.6 Å². The highest BCUT2D eigenvalue weighted by Crippen LogP contribution is 2.16. The second-order valence-corrected chi connectivity index (χ2v) is 6.12. The maximum atomic E-state index is 10.6. The van der Waals surface area contributed by atoms with Gasteiger partial charge in [-0.05, 0) is 42.0 Å². The molecule has 26 heavy (non-hydrogen) atoms. The van der Waals surface area contributed by atoms with E-state index < -0.39 is 4.92 Å². The van der Waals surface area contributed by atoms with Crippen molar-refractivity contribution in [2.45, 2.75) is 6.54 Å². The molecule has 0 amide bonds. The number of hydrogen-bond acceptors (Lipinski definition) is 5. The molecule has 0 aliphatic carbocycles. The topological polar surface area (TPSA) is 97.9 Å². The Hall–Kier alpha value is -3.04. The SMILES string of the molecule is O=[N+]([O-])c1ccc(NC(=S)Nc2ncn(Cc3cccc(Cl)c3)n2)cc1. The molecule has 2 N–H and O–H groups in total. The summed E-state index contributed by atoms with van der Waals surface area (Å²) in [5, 5.41) is 21.7. The van der Waals surface area contributed by atoms with E-state index in [1.165, 1.54) is 12.1 Å². The molecule has 0 aliphatic heterocycles. The minimum atomic E-state index is -0.461. The van der Waals surface area contributed by atoms with Gasteiger partial charge in [-0.15, -0.1) is 5.10 Å². The first-order valence-electron chi connectivity index (χ1n) is 7.46. The Labute approximate surface area is 159 Å². The molecule has 0 radical (unpaired) electrons. The number of halogens is 1. The Morgan fingerprint density at radius 3 is 2.69 bits per heavy atom. The van der Waals surface area contributed by atoms with Crippen LogP contribution >= 0.6 is 23.8 Å². The van der Waals surface area contributed by atoms with Gasteiger partial charge in [0.1, 0.15) is 6.33 Å². The van der Waals surface area contributed by atoms with Gasteiger partial charge in [-0.1, -0.05) is 23.7 Å². The lowest BCUT2D eigenvalue weighted by Gasteiger charge is -2.07. The van der Waals surface area contributed by atoms with Gasteiger partial charge < -0.3 is 5.32 Å². The van der Waals surface area contributed by atoms with E-state index in [2.05, 4.69) is 20.7 Å². The average Bonchev–Trinajstić information content (AvgIpc) is 3.02. The zero-order chi connectivity index (χ0) is 18.5. The molecule has 0 atom stereocenters. The quantitative estimate of drug-likeness (QED) is 0.390. The Morgan fingerprint density at radius 2 is 2.00 bits per heavy atom. The highest BCUT2D eigenvalue weighted by molar-refractivity contribution is 7.80. The first-order valence-corrected chi connectivity index (χ1v) is 8.24. The number of non-ortho nitro benzene ring substituents is 1. The Morgan fingerprint density at radius 1 is 1.23 bits per heavy atom. The van der Waals surface area contributed by atoms with Crippen LogP contribution in [0.3, 0.4) is 0 Å². The fraction of sp³-hybridized carbons (Fsp3) is 0.0625. The summed E-state index contributed by atoms with van der Waals surface area (Å²) >= 11 is 11.2. The lowest BCUT2D eigenvalue weighted by atomic mass is 10.2. The van der Waals surface area contributed by atoms with Gasteiger partial charge in [-0.25, -0.2) is 9.67 Å². The van der Waals surface area contributed by atoms with Crippen LogP contribution in [0.5, 0.6) is 0 Å². The summed E-state index contributed by atoms with van der Waals surface area (Å²) in [6.07, 6.45) is 1.58. The zero-order valence-electron chi connectivity index (χ0n) is 13.3. The molecule has 1 aromatic heterocycles. The number of anilines is 2. The second kappa shape index (κ2) is 7.89. The van der Waals surface area contributed by atoms with Gasteiger partial charge in [-0.3, -0.25) is 15.4 Å². The Kier molecular flexibility index (Phi) is 5.40. The first-order chi connectivity index (χ1) is 12.5. The smallest absolute Gasteiger partial charge is 0.269 e. The van der Waals surface area contributed by atoms with Crippen LogP contribution in [0, 0.1) is 10.1 Å². The average molecular weight is 389 g/mol. The van der Waals surface area contributed by atoms with E-state index >= 15 is 0 Å². The highest BCUT2D eigenvalue weighted by atomic mass is 35.5. The molecule has 10 heteroatoms. The number of benzene rings is 2. The third-order valence-electron chi connectivity index (χ3n) is 3.33. The predicted octanol–water partition coefficient (Wildman–Crippen LogP) is 3.70. The lowest BCUT2D eigenvalue weighted by molar-refractivity contribution is -0.384. The molecule has 2 aromatic carbocycles. The second-order valence-electron chi connectivity index (χ2n) is 5.28. The third kappa shape index (κ3) is 4.74. The number of thiocarbonyl (C=S) groups is 1. The maximum absolute atomic E-state index is 10.6. The number of nitrogens with zero attached hydrogens (tertiary/aromatic N) is 4. The molecular weight excluding hydrogens is 376 g/mol. The van der Waals surface area contributed by atoms with E-state index in [9.17, 15) is 10.1 Å². The van der Waals surface area contributed by atoms with Crippen molar-refractivity contribution in [3.63, 3.8) is 0 Å². The number of rotatable bonds is 5. The summed E-state index contributed by atoms with van der Waals surface area (Å²) < 4.78 is 1.66. The van der Waals surface area contributed by atoms with Gasteiger partial charge in [-0.2, -0.15) is 0 Å². The maximum Gasteiger partial charge on any atom is 0.269 e. The van der Waals surface area contributed by atoms with E-state index in [1.807, 2.05) is 24.3 Å². The number of nitro groups is 1. The lowest BCUT2D eigenvalue weighted by Crippen LogP contribution is -2.20. The molecule has 1 heterocycles. The van der Waals surface area contributed by atoms with E-state index in [-0.39, 0.29) is 10.8 Å². The molecule has 8 nitrogen and oxygen atoms in total. The third-order valence-corrected chi connectivity index (χ3v) is 3.77. The first kappa shape index (κ1) is 17.8. The summed E-state index contributed by atoms with van der Waals surface area (Å²) in [5.74, 6) is 0.339. The molecule has 0 saturated heterocycles. The fourth-order valence-electron chi connectivity index (χ4n) is 2.18.